The number of benzene rings is 1. The summed E-state index contributed by atoms with van der Waals surface area (Å²) in [5.41, 5.74) is 0.885. The van der Waals surface area contributed by atoms with Crippen molar-refractivity contribution in [2.75, 3.05) is 19.0 Å². The van der Waals surface area contributed by atoms with Crippen LogP contribution in [-0.2, 0) is 15.3 Å². The van der Waals surface area contributed by atoms with E-state index in [4.69, 9.17) is 0 Å². The van der Waals surface area contributed by atoms with E-state index in [-0.39, 0.29) is 25.4 Å². The van der Waals surface area contributed by atoms with Gasteiger partial charge in [0.05, 0.1) is 24.2 Å². The van der Waals surface area contributed by atoms with Gasteiger partial charge in [-0.1, -0.05) is 29.8 Å². The van der Waals surface area contributed by atoms with Gasteiger partial charge in [-0.3, -0.25) is 0 Å². The topological polar surface area (TPSA) is 74.6 Å². The lowest BCUT2D eigenvalue weighted by molar-refractivity contribution is 0.113. The second-order valence-electron chi connectivity index (χ2n) is 5.63. The Labute approximate surface area is 121 Å². The summed E-state index contributed by atoms with van der Waals surface area (Å²) in [6.07, 6.45) is 0.212. The normalized spacial score (nSPS) is 12.9. The van der Waals surface area contributed by atoms with Gasteiger partial charge in [-0.2, -0.15) is 0 Å². The number of aliphatic hydroxyl groups excluding tert-OH is 2. The van der Waals surface area contributed by atoms with Crippen LogP contribution in [0.4, 0.5) is 0 Å². The summed E-state index contributed by atoms with van der Waals surface area (Å²) in [6.45, 7) is 4.65. The van der Waals surface area contributed by atoms with Gasteiger partial charge in [0.1, 0.15) is 0 Å². The van der Waals surface area contributed by atoms with Crippen LogP contribution in [0.25, 0.3) is 0 Å². The molecule has 1 rings (SSSR count). The van der Waals surface area contributed by atoms with Crippen molar-refractivity contribution in [3.8, 4) is 0 Å². The fourth-order valence-electron chi connectivity index (χ4n) is 2.08. The third-order valence-corrected chi connectivity index (χ3v) is 6.03. The molecule has 0 saturated heterocycles. The highest BCUT2D eigenvalue weighted by Crippen LogP contribution is 2.29. The van der Waals surface area contributed by atoms with Gasteiger partial charge in [0.25, 0.3) is 0 Å². The van der Waals surface area contributed by atoms with Gasteiger partial charge in [-0.05, 0) is 32.8 Å². The van der Waals surface area contributed by atoms with E-state index in [0.29, 0.717) is 0 Å². The predicted octanol–water partition coefficient (Wildman–Crippen LogP) is 1.43. The van der Waals surface area contributed by atoms with Gasteiger partial charge in [0.2, 0.25) is 0 Å². The van der Waals surface area contributed by atoms with Crippen molar-refractivity contribution in [2.24, 2.45) is 0 Å². The molecule has 0 saturated carbocycles. The zero-order valence-corrected chi connectivity index (χ0v) is 13.2. The van der Waals surface area contributed by atoms with E-state index >= 15 is 0 Å². The number of hydrogen-bond acceptors (Lipinski definition) is 4. The van der Waals surface area contributed by atoms with E-state index in [0.717, 1.165) is 11.1 Å². The van der Waals surface area contributed by atoms with Crippen LogP contribution < -0.4 is 0 Å². The van der Waals surface area contributed by atoms with Crippen molar-refractivity contribution in [2.45, 2.75) is 37.9 Å². The minimum atomic E-state index is -3.19. The number of aliphatic hydroxyl groups is 2. The molecule has 0 atom stereocenters. The zero-order chi connectivity index (χ0) is 15.4. The van der Waals surface area contributed by atoms with Crippen molar-refractivity contribution < 1.29 is 18.6 Å². The van der Waals surface area contributed by atoms with Crippen LogP contribution in [0, 0.1) is 6.92 Å². The highest BCUT2D eigenvalue weighted by atomic mass is 32.2. The lowest BCUT2D eigenvalue weighted by Crippen LogP contribution is -2.37. The molecule has 0 aliphatic rings. The van der Waals surface area contributed by atoms with Gasteiger partial charge in [-0.25, -0.2) is 8.42 Å². The summed E-state index contributed by atoms with van der Waals surface area (Å²) >= 11 is 0. The summed E-state index contributed by atoms with van der Waals surface area (Å²) in [5.74, 6) is -0.0419. The van der Waals surface area contributed by atoms with Crippen molar-refractivity contribution in [1.82, 2.24) is 0 Å². The Balaban J connectivity index is 3.05. The van der Waals surface area contributed by atoms with Gasteiger partial charge >= 0.3 is 0 Å². The fraction of sp³-hybridized carbons (Fsp3) is 0.600. The minimum Gasteiger partial charge on any atom is -0.395 e. The molecule has 1 aromatic carbocycles. The summed E-state index contributed by atoms with van der Waals surface area (Å²) in [4.78, 5) is 0. The summed E-state index contributed by atoms with van der Waals surface area (Å²) in [5, 5.41) is 19.0. The van der Waals surface area contributed by atoms with Gasteiger partial charge in [-0.15, -0.1) is 0 Å². The molecular weight excluding hydrogens is 276 g/mol. The standard InChI is InChI=1S/C15H24O4S/c1-12(2)20(18,19)8-7-15(10-16,11-17)14-6-4-5-13(3)9-14/h4-6,9,12,16-17H,7-8,10-11H2,1-3H3. The van der Waals surface area contributed by atoms with Crippen LogP contribution in [0.15, 0.2) is 24.3 Å². The Morgan fingerprint density at radius 1 is 1.20 bits per heavy atom. The molecule has 5 heteroatoms. The Morgan fingerprint density at radius 3 is 2.25 bits per heavy atom. The van der Waals surface area contributed by atoms with Crippen LogP contribution in [-0.4, -0.2) is 42.8 Å². The van der Waals surface area contributed by atoms with E-state index in [1.165, 1.54) is 0 Å². The molecule has 0 amide bonds. The van der Waals surface area contributed by atoms with E-state index in [1.54, 1.807) is 13.8 Å². The molecule has 114 valence electrons. The number of aryl methyl sites for hydroxylation is 1. The molecule has 4 nitrogen and oxygen atoms in total. The first-order chi connectivity index (χ1) is 9.27. The molecule has 0 unspecified atom stereocenters. The van der Waals surface area contributed by atoms with E-state index in [2.05, 4.69) is 0 Å². The number of sulfone groups is 1. The molecule has 0 bridgehead atoms. The Kier molecular flexibility index (Phi) is 5.74. The molecule has 0 heterocycles. The predicted molar refractivity (Wildman–Crippen MR) is 80.6 cm³/mol. The SMILES string of the molecule is Cc1cccc(C(CO)(CO)CCS(=O)(=O)C(C)C)c1. The summed E-state index contributed by atoms with van der Waals surface area (Å²) in [7, 11) is -3.19. The molecule has 0 fully saturated rings. The second-order valence-corrected chi connectivity index (χ2v) is 8.31. The molecule has 20 heavy (non-hydrogen) atoms. The lowest BCUT2D eigenvalue weighted by atomic mass is 9.79. The maximum Gasteiger partial charge on any atom is 0.152 e. The third-order valence-electron chi connectivity index (χ3n) is 3.82. The first kappa shape index (κ1) is 17.1. The third kappa shape index (κ3) is 3.81. The van der Waals surface area contributed by atoms with E-state index < -0.39 is 20.5 Å². The van der Waals surface area contributed by atoms with E-state index in [1.807, 2.05) is 31.2 Å². The van der Waals surface area contributed by atoms with Crippen molar-refractivity contribution >= 4 is 9.84 Å². The largest absolute Gasteiger partial charge is 0.395 e. The molecule has 0 aromatic heterocycles. The van der Waals surface area contributed by atoms with Crippen LogP contribution in [0.1, 0.15) is 31.4 Å². The maximum atomic E-state index is 11.9. The van der Waals surface area contributed by atoms with E-state index in [9.17, 15) is 18.6 Å². The Bertz CT molecular complexity index is 531. The zero-order valence-electron chi connectivity index (χ0n) is 12.3. The first-order valence-corrected chi connectivity index (χ1v) is 8.49. The summed E-state index contributed by atoms with van der Waals surface area (Å²) in [6, 6.07) is 7.48. The average molecular weight is 300 g/mol. The molecule has 1 aromatic rings. The Hall–Kier alpha value is -0.910. The minimum absolute atomic E-state index is 0.0419. The van der Waals surface area contributed by atoms with Crippen LogP contribution >= 0.6 is 0 Å². The van der Waals surface area contributed by atoms with Crippen LogP contribution in [0.2, 0.25) is 0 Å². The molecule has 0 radical (unpaired) electrons. The number of rotatable bonds is 7. The smallest absolute Gasteiger partial charge is 0.152 e. The second kappa shape index (κ2) is 6.70. The van der Waals surface area contributed by atoms with Crippen molar-refractivity contribution in [3.05, 3.63) is 35.4 Å². The van der Waals surface area contributed by atoms with Gasteiger partial charge in [0.15, 0.2) is 9.84 Å². The lowest BCUT2D eigenvalue weighted by Gasteiger charge is -2.31. The highest BCUT2D eigenvalue weighted by molar-refractivity contribution is 7.91. The first-order valence-electron chi connectivity index (χ1n) is 6.78. The molecule has 0 aliphatic heterocycles. The average Bonchev–Trinajstić information content (AvgIpc) is 2.40. The maximum absolute atomic E-state index is 11.9. The molecular formula is C15H24O4S. The summed E-state index contributed by atoms with van der Waals surface area (Å²) < 4.78 is 23.9. The Morgan fingerprint density at radius 2 is 1.80 bits per heavy atom. The van der Waals surface area contributed by atoms with Crippen LogP contribution in [0.3, 0.4) is 0 Å². The molecule has 2 N–H and O–H groups in total. The molecule has 0 spiro atoms. The van der Waals surface area contributed by atoms with Gasteiger partial charge < -0.3 is 10.2 Å². The fourth-order valence-corrected chi connectivity index (χ4v) is 3.23. The van der Waals surface area contributed by atoms with Gasteiger partial charge in [0, 0.05) is 5.41 Å². The monoisotopic (exact) mass is 300 g/mol. The molecule has 0 aliphatic carbocycles. The quantitative estimate of drug-likeness (QED) is 0.799. The highest BCUT2D eigenvalue weighted by Gasteiger charge is 2.33. The number of hydrogen-bond donors (Lipinski definition) is 2. The van der Waals surface area contributed by atoms with Crippen molar-refractivity contribution in [3.63, 3.8) is 0 Å². The van der Waals surface area contributed by atoms with Crippen LogP contribution in [0.5, 0.6) is 0 Å². The van der Waals surface area contributed by atoms with Crippen molar-refractivity contribution in [1.29, 1.82) is 0 Å².